The molecule has 0 atom stereocenters. The van der Waals surface area contributed by atoms with Crippen molar-refractivity contribution in [1.82, 2.24) is 0 Å². The van der Waals surface area contributed by atoms with Crippen LogP contribution < -0.4 is 11.5 Å². The summed E-state index contributed by atoms with van der Waals surface area (Å²) < 4.78 is 12.8. The minimum Gasteiger partial charge on any atom is -0.397 e. The third-order valence-corrected chi connectivity index (χ3v) is 1.77. The lowest BCUT2D eigenvalue weighted by atomic mass is 10.1. The summed E-state index contributed by atoms with van der Waals surface area (Å²) in [5, 5.41) is 0. The molecule has 1 rings (SSSR count). The van der Waals surface area contributed by atoms with E-state index in [1.54, 1.807) is 12.2 Å². The van der Waals surface area contributed by atoms with Gasteiger partial charge in [-0.1, -0.05) is 12.2 Å². The molecule has 0 fully saturated rings. The van der Waals surface area contributed by atoms with Crippen molar-refractivity contribution in [2.75, 3.05) is 17.3 Å². The van der Waals surface area contributed by atoms with Crippen LogP contribution in [0, 0.1) is 5.82 Å². The van der Waals surface area contributed by atoms with Crippen LogP contribution in [0.15, 0.2) is 18.2 Å². The lowest BCUT2D eigenvalue weighted by Gasteiger charge is -2.04. The normalized spacial score (nSPS) is 10.9. The number of hydrogen-bond acceptors (Lipinski definition) is 2. The predicted molar refractivity (Wildman–Crippen MR) is 55.0 cm³/mol. The molecule has 0 aliphatic rings. The summed E-state index contributed by atoms with van der Waals surface area (Å²) in [5.74, 6) is -0.0449. The van der Waals surface area contributed by atoms with Crippen LogP contribution in [0.2, 0.25) is 0 Å². The third kappa shape index (κ3) is 2.36. The van der Waals surface area contributed by atoms with Crippen molar-refractivity contribution >= 4 is 29.1 Å². The molecule has 0 saturated carbocycles. The first-order chi connectivity index (χ1) is 6.15. The van der Waals surface area contributed by atoms with Gasteiger partial charge in [-0.25, -0.2) is 4.39 Å². The first-order valence-corrected chi connectivity index (χ1v) is 4.25. The highest BCUT2D eigenvalue weighted by Crippen LogP contribution is 2.22. The highest BCUT2D eigenvalue weighted by Gasteiger charge is 2.02. The molecule has 4 N–H and O–H groups in total. The van der Waals surface area contributed by atoms with Crippen molar-refractivity contribution < 1.29 is 4.39 Å². The lowest BCUT2D eigenvalue weighted by molar-refractivity contribution is 0.628. The van der Waals surface area contributed by atoms with Gasteiger partial charge in [0.2, 0.25) is 0 Å². The van der Waals surface area contributed by atoms with Crippen molar-refractivity contribution in [3.05, 3.63) is 29.6 Å². The highest BCUT2D eigenvalue weighted by molar-refractivity contribution is 6.19. The minimum atomic E-state index is -0.402. The zero-order valence-corrected chi connectivity index (χ0v) is 7.68. The molecular weight excluding hydrogens is 191 g/mol. The van der Waals surface area contributed by atoms with E-state index in [1.807, 2.05) is 0 Å². The van der Waals surface area contributed by atoms with Gasteiger partial charge in [-0.15, -0.1) is 11.6 Å². The van der Waals surface area contributed by atoms with Crippen molar-refractivity contribution in [3.8, 4) is 0 Å². The molecule has 13 heavy (non-hydrogen) atoms. The summed E-state index contributed by atoms with van der Waals surface area (Å²) in [6.07, 6.45) is 3.31. The average molecular weight is 201 g/mol. The van der Waals surface area contributed by atoms with Crippen LogP contribution in [0.5, 0.6) is 0 Å². The van der Waals surface area contributed by atoms with E-state index in [1.165, 1.54) is 12.1 Å². The number of alkyl halides is 1. The van der Waals surface area contributed by atoms with Gasteiger partial charge in [0.15, 0.2) is 0 Å². The largest absolute Gasteiger partial charge is 0.397 e. The molecule has 0 spiro atoms. The van der Waals surface area contributed by atoms with Gasteiger partial charge in [0, 0.05) is 11.4 Å². The highest BCUT2D eigenvalue weighted by atomic mass is 35.5. The van der Waals surface area contributed by atoms with Crippen LogP contribution in [0.3, 0.4) is 0 Å². The molecule has 0 unspecified atom stereocenters. The molecule has 0 saturated heterocycles. The maximum atomic E-state index is 12.8. The van der Waals surface area contributed by atoms with Crippen LogP contribution >= 0.6 is 11.6 Å². The number of halogens is 2. The van der Waals surface area contributed by atoms with Crippen molar-refractivity contribution in [2.45, 2.75) is 0 Å². The van der Waals surface area contributed by atoms with E-state index in [2.05, 4.69) is 0 Å². The number of nitrogen functional groups attached to an aromatic ring is 2. The number of hydrogen-bond donors (Lipinski definition) is 2. The zero-order chi connectivity index (χ0) is 9.84. The topological polar surface area (TPSA) is 52.0 Å². The first-order valence-electron chi connectivity index (χ1n) is 3.72. The standard InChI is InChI=1S/C9H10ClFN2/c10-3-1-2-6-4-7(11)5-8(12)9(6)13/h1-2,4-5H,3,12-13H2. The second kappa shape index (κ2) is 4.14. The molecule has 4 heteroatoms. The summed E-state index contributed by atoms with van der Waals surface area (Å²) in [5.41, 5.74) is 12.2. The van der Waals surface area contributed by atoms with Gasteiger partial charge < -0.3 is 11.5 Å². The molecule has 0 bridgehead atoms. The Hall–Kier alpha value is -1.22. The fraction of sp³-hybridized carbons (Fsp3) is 0.111. The summed E-state index contributed by atoms with van der Waals surface area (Å²) in [6, 6.07) is 2.50. The molecule has 0 aromatic heterocycles. The Kier molecular flexibility index (Phi) is 3.14. The van der Waals surface area contributed by atoms with Crippen molar-refractivity contribution in [2.24, 2.45) is 0 Å². The maximum Gasteiger partial charge on any atom is 0.126 e. The number of benzene rings is 1. The Morgan fingerprint density at radius 2 is 2.08 bits per heavy atom. The summed E-state index contributed by atoms with van der Waals surface area (Å²) >= 11 is 5.43. The van der Waals surface area contributed by atoms with Crippen LogP contribution in [-0.2, 0) is 0 Å². The number of anilines is 2. The van der Waals surface area contributed by atoms with E-state index >= 15 is 0 Å². The predicted octanol–water partition coefficient (Wildman–Crippen LogP) is 2.24. The summed E-state index contributed by atoms with van der Waals surface area (Å²) in [6.45, 7) is 0. The summed E-state index contributed by atoms with van der Waals surface area (Å²) in [7, 11) is 0. The molecular formula is C9H10ClFN2. The van der Waals surface area contributed by atoms with Gasteiger partial charge in [-0.3, -0.25) is 0 Å². The average Bonchev–Trinajstić information content (AvgIpc) is 2.09. The van der Waals surface area contributed by atoms with Gasteiger partial charge >= 0.3 is 0 Å². The van der Waals surface area contributed by atoms with Crippen LogP contribution in [0.25, 0.3) is 6.08 Å². The quantitative estimate of drug-likeness (QED) is 0.568. The Morgan fingerprint density at radius 3 is 2.69 bits per heavy atom. The molecule has 1 aromatic rings. The van der Waals surface area contributed by atoms with E-state index < -0.39 is 5.82 Å². The Balaban J connectivity index is 3.12. The smallest absolute Gasteiger partial charge is 0.126 e. The van der Waals surface area contributed by atoms with E-state index in [-0.39, 0.29) is 5.69 Å². The second-order valence-electron chi connectivity index (χ2n) is 2.55. The van der Waals surface area contributed by atoms with Crippen LogP contribution in [-0.4, -0.2) is 5.88 Å². The fourth-order valence-corrected chi connectivity index (χ4v) is 1.06. The zero-order valence-electron chi connectivity index (χ0n) is 6.93. The molecule has 0 aliphatic heterocycles. The van der Waals surface area contributed by atoms with Crippen molar-refractivity contribution in [1.29, 1.82) is 0 Å². The molecule has 0 heterocycles. The minimum absolute atomic E-state index is 0.245. The number of rotatable bonds is 2. The van der Waals surface area contributed by atoms with Gasteiger partial charge in [-0.2, -0.15) is 0 Å². The fourth-order valence-electron chi connectivity index (χ4n) is 0.970. The second-order valence-corrected chi connectivity index (χ2v) is 2.86. The number of allylic oxidation sites excluding steroid dienone is 1. The van der Waals surface area contributed by atoms with Gasteiger partial charge in [-0.05, 0) is 12.1 Å². The van der Waals surface area contributed by atoms with E-state index in [0.717, 1.165) is 0 Å². The Bertz CT molecular complexity index is 337. The molecule has 1 aromatic carbocycles. The van der Waals surface area contributed by atoms with Gasteiger partial charge in [0.1, 0.15) is 5.82 Å². The monoisotopic (exact) mass is 200 g/mol. The van der Waals surface area contributed by atoms with Crippen LogP contribution in [0.4, 0.5) is 15.8 Å². The molecule has 0 radical (unpaired) electrons. The SMILES string of the molecule is Nc1cc(F)cc(C=CCCl)c1N. The Morgan fingerprint density at radius 1 is 1.38 bits per heavy atom. The molecule has 0 amide bonds. The van der Waals surface area contributed by atoms with Crippen LogP contribution in [0.1, 0.15) is 5.56 Å². The van der Waals surface area contributed by atoms with E-state index in [0.29, 0.717) is 17.1 Å². The van der Waals surface area contributed by atoms with Gasteiger partial charge in [0.05, 0.1) is 11.4 Å². The summed E-state index contributed by atoms with van der Waals surface area (Å²) in [4.78, 5) is 0. The van der Waals surface area contributed by atoms with Crippen molar-refractivity contribution in [3.63, 3.8) is 0 Å². The van der Waals surface area contributed by atoms with E-state index in [9.17, 15) is 4.39 Å². The maximum absolute atomic E-state index is 12.8. The molecule has 70 valence electrons. The third-order valence-electron chi connectivity index (χ3n) is 1.60. The van der Waals surface area contributed by atoms with E-state index in [4.69, 9.17) is 23.1 Å². The Labute approximate surface area is 81.0 Å². The first kappa shape index (κ1) is 9.86. The van der Waals surface area contributed by atoms with Gasteiger partial charge in [0.25, 0.3) is 0 Å². The molecule has 2 nitrogen and oxygen atoms in total. The lowest BCUT2D eigenvalue weighted by Crippen LogP contribution is -1.98. The molecule has 0 aliphatic carbocycles. The number of nitrogens with two attached hydrogens (primary N) is 2.